The molecule has 1 saturated carbocycles. The van der Waals surface area contributed by atoms with E-state index in [2.05, 4.69) is 17.0 Å². The molecule has 0 unspecified atom stereocenters. The molecule has 0 atom stereocenters. The summed E-state index contributed by atoms with van der Waals surface area (Å²) in [5.41, 5.74) is 0. The van der Waals surface area contributed by atoms with E-state index in [1.807, 2.05) is 0 Å². The fourth-order valence-electron chi connectivity index (χ4n) is 1.96. The van der Waals surface area contributed by atoms with Gasteiger partial charge in [-0.1, -0.05) is 6.92 Å². The predicted molar refractivity (Wildman–Crippen MR) is 48.9 cm³/mol. The number of carboxylic acid groups (broad SMARTS) is 1. The van der Waals surface area contributed by atoms with Gasteiger partial charge in [-0.25, -0.2) is 9.78 Å². The molecule has 0 amide bonds. The zero-order valence-corrected chi connectivity index (χ0v) is 8.05. The van der Waals surface area contributed by atoms with Crippen molar-refractivity contribution in [1.29, 1.82) is 0 Å². The van der Waals surface area contributed by atoms with E-state index in [9.17, 15) is 4.79 Å². The Hall–Kier alpha value is -1.39. The smallest absolute Gasteiger partial charge is 0.375 e. The molecule has 0 aliphatic heterocycles. The van der Waals surface area contributed by atoms with Crippen molar-refractivity contribution in [2.75, 3.05) is 0 Å². The summed E-state index contributed by atoms with van der Waals surface area (Å²) in [5.74, 6) is 0.277. The van der Waals surface area contributed by atoms with Crippen molar-refractivity contribution in [1.82, 2.24) is 14.8 Å². The molecule has 0 radical (unpaired) electrons. The van der Waals surface area contributed by atoms with Gasteiger partial charge in [0.1, 0.15) is 6.33 Å². The first-order valence-corrected chi connectivity index (χ1v) is 4.78. The average Bonchev–Trinajstić information content (AvgIpc) is 2.50. The van der Waals surface area contributed by atoms with E-state index in [-0.39, 0.29) is 5.82 Å². The van der Waals surface area contributed by atoms with Crippen molar-refractivity contribution in [2.24, 2.45) is 11.8 Å². The van der Waals surface area contributed by atoms with Crippen molar-refractivity contribution >= 4 is 5.97 Å². The maximum absolute atomic E-state index is 10.5. The van der Waals surface area contributed by atoms with Crippen LogP contribution in [0.3, 0.4) is 0 Å². The number of hydrogen-bond donors (Lipinski definition) is 1. The Bertz CT molecular complexity index is 342. The highest BCUT2D eigenvalue weighted by molar-refractivity contribution is 5.82. The minimum Gasteiger partial charge on any atom is -0.475 e. The van der Waals surface area contributed by atoms with E-state index in [1.165, 1.54) is 19.2 Å². The van der Waals surface area contributed by atoms with Crippen LogP contribution in [0.5, 0.6) is 0 Å². The van der Waals surface area contributed by atoms with E-state index in [0.29, 0.717) is 5.92 Å². The largest absolute Gasteiger partial charge is 0.475 e. The number of aromatic carboxylic acids is 1. The summed E-state index contributed by atoms with van der Waals surface area (Å²) in [6.07, 6.45) is 3.91. The molecule has 1 aliphatic rings. The van der Waals surface area contributed by atoms with Crippen molar-refractivity contribution in [2.45, 2.75) is 26.3 Å². The summed E-state index contributed by atoms with van der Waals surface area (Å²) in [4.78, 5) is 14.2. The van der Waals surface area contributed by atoms with Gasteiger partial charge in [-0.15, -0.1) is 5.10 Å². The van der Waals surface area contributed by atoms with Gasteiger partial charge < -0.3 is 5.11 Å². The van der Waals surface area contributed by atoms with Crippen molar-refractivity contribution < 1.29 is 9.90 Å². The molecule has 1 aromatic heterocycles. The highest BCUT2D eigenvalue weighted by atomic mass is 16.4. The maximum atomic E-state index is 10.5. The third-order valence-electron chi connectivity index (χ3n) is 2.64. The second-order valence-corrected chi connectivity index (χ2v) is 4.04. The van der Waals surface area contributed by atoms with Crippen LogP contribution in [0, 0.1) is 11.8 Å². The lowest BCUT2D eigenvalue weighted by Crippen LogP contribution is -2.25. The first kappa shape index (κ1) is 9.18. The first-order valence-electron chi connectivity index (χ1n) is 4.78. The van der Waals surface area contributed by atoms with Gasteiger partial charge >= 0.3 is 5.97 Å². The molecule has 2 rings (SSSR count). The number of carbonyl (C=O) groups is 1. The summed E-state index contributed by atoms with van der Waals surface area (Å²) < 4.78 is 1.62. The molecule has 1 heterocycles. The van der Waals surface area contributed by atoms with Crippen LogP contribution in [0.4, 0.5) is 0 Å². The van der Waals surface area contributed by atoms with Crippen LogP contribution in [0.1, 0.15) is 30.4 Å². The Balaban J connectivity index is 1.93. The summed E-state index contributed by atoms with van der Waals surface area (Å²) in [6, 6.07) is 0. The van der Waals surface area contributed by atoms with Crippen LogP contribution in [0.25, 0.3) is 0 Å². The van der Waals surface area contributed by atoms with Crippen LogP contribution >= 0.6 is 0 Å². The Morgan fingerprint density at radius 1 is 1.71 bits per heavy atom. The Morgan fingerprint density at radius 2 is 2.43 bits per heavy atom. The van der Waals surface area contributed by atoms with Gasteiger partial charge in [0.25, 0.3) is 5.82 Å². The van der Waals surface area contributed by atoms with Crippen LogP contribution in [-0.2, 0) is 6.54 Å². The summed E-state index contributed by atoms with van der Waals surface area (Å²) in [5, 5.41) is 12.5. The zero-order chi connectivity index (χ0) is 10.1. The Kier molecular flexibility index (Phi) is 2.23. The molecular formula is C9H13N3O2. The third kappa shape index (κ3) is 1.76. The normalized spacial score (nSPS) is 25.8. The molecule has 76 valence electrons. The SMILES string of the molecule is CC1CC(Cn2cnc(C(=O)O)n2)C1. The van der Waals surface area contributed by atoms with E-state index < -0.39 is 5.97 Å². The molecule has 0 spiro atoms. The Morgan fingerprint density at radius 3 is 2.93 bits per heavy atom. The van der Waals surface area contributed by atoms with Crippen LogP contribution in [0.2, 0.25) is 0 Å². The second-order valence-electron chi connectivity index (χ2n) is 4.04. The molecule has 1 aromatic rings. The highest BCUT2D eigenvalue weighted by Crippen LogP contribution is 2.33. The number of nitrogens with zero attached hydrogens (tertiary/aromatic N) is 3. The number of rotatable bonds is 3. The van der Waals surface area contributed by atoms with Gasteiger partial charge in [0, 0.05) is 6.54 Å². The Labute approximate surface area is 81.8 Å². The first-order chi connectivity index (χ1) is 6.65. The van der Waals surface area contributed by atoms with Gasteiger partial charge in [0.15, 0.2) is 0 Å². The van der Waals surface area contributed by atoms with Gasteiger partial charge in [-0.2, -0.15) is 0 Å². The topological polar surface area (TPSA) is 68.0 Å². The molecule has 5 nitrogen and oxygen atoms in total. The highest BCUT2D eigenvalue weighted by Gasteiger charge is 2.26. The lowest BCUT2D eigenvalue weighted by Gasteiger charge is -2.32. The predicted octanol–water partition coefficient (Wildman–Crippen LogP) is 1.02. The second kappa shape index (κ2) is 3.40. The van der Waals surface area contributed by atoms with Crippen molar-refractivity contribution in [3.8, 4) is 0 Å². The van der Waals surface area contributed by atoms with E-state index >= 15 is 0 Å². The van der Waals surface area contributed by atoms with Gasteiger partial charge in [0.05, 0.1) is 0 Å². The minimum atomic E-state index is -1.06. The quantitative estimate of drug-likeness (QED) is 0.781. The lowest BCUT2D eigenvalue weighted by molar-refractivity contribution is 0.0682. The van der Waals surface area contributed by atoms with Crippen LogP contribution in [0.15, 0.2) is 6.33 Å². The van der Waals surface area contributed by atoms with Crippen molar-refractivity contribution in [3.63, 3.8) is 0 Å². The van der Waals surface area contributed by atoms with E-state index in [1.54, 1.807) is 4.68 Å². The molecule has 14 heavy (non-hydrogen) atoms. The maximum Gasteiger partial charge on any atom is 0.375 e. The molecule has 1 aliphatic carbocycles. The van der Waals surface area contributed by atoms with Gasteiger partial charge in [-0.3, -0.25) is 4.68 Å². The van der Waals surface area contributed by atoms with E-state index in [4.69, 9.17) is 5.11 Å². The number of aromatic nitrogens is 3. The lowest BCUT2D eigenvalue weighted by atomic mass is 9.76. The fourth-order valence-corrected chi connectivity index (χ4v) is 1.96. The van der Waals surface area contributed by atoms with E-state index in [0.717, 1.165) is 12.5 Å². The standard InChI is InChI=1S/C9H13N3O2/c1-6-2-7(3-6)4-12-5-10-8(11-12)9(13)14/h5-7H,2-4H2,1H3,(H,13,14). The van der Waals surface area contributed by atoms with Crippen molar-refractivity contribution in [3.05, 3.63) is 12.2 Å². The molecule has 5 heteroatoms. The van der Waals surface area contributed by atoms with Crippen LogP contribution < -0.4 is 0 Å². The fraction of sp³-hybridized carbons (Fsp3) is 0.667. The zero-order valence-electron chi connectivity index (χ0n) is 8.05. The number of carboxylic acids is 1. The molecule has 0 saturated heterocycles. The van der Waals surface area contributed by atoms with Crippen LogP contribution in [-0.4, -0.2) is 25.8 Å². The molecule has 0 bridgehead atoms. The number of hydrogen-bond acceptors (Lipinski definition) is 3. The molecular weight excluding hydrogens is 182 g/mol. The summed E-state index contributed by atoms with van der Waals surface area (Å²) >= 11 is 0. The van der Waals surface area contributed by atoms with Gasteiger partial charge in [0.2, 0.25) is 0 Å². The monoisotopic (exact) mass is 195 g/mol. The average molecular weight is 195 g/mol. The molecule has 0 aromatic carbocycles. The minimum absolute atomic E-state index is 0.114. The summed E-state index contributed by atoms with van der Waals surface area (Å²) in [7, 11) is 0. The van der Waals surface area contributed by atoms with Gasteiger partial charge in [-0.05, 0) is 24.7 Å². The molecule has 1 N–H and O–H groups in total. The summed E-state index contributed by atoms with van der Waals surface area (Å²) in [6.45, 7) is 3.02. The third-order valence-corrected chi connectivity index (χ3v) is 2.64. The molecule has 1 fully saturated rings.